The minimum Gasteiger partial charge on any atom is -0.311 e. The molecule has 0 atom stereocenters. The van der Waals surface area contributed by atoms with Crippen LogP contribution in [-0.4, -0.2) is 45.8 Å². The Balaban J connectivity index is 1.91. The van der Waals surface area contributed by atoms with Crippen LogP contribution in [0.15, 0.2) is 23.1 Å². The maximum absolute atomic E-state index is 11.8. The average Bonchev–Trinajstić information content (AvgIpc) is 2.45. The van der Waals surface area contributed by atoms with E-state index >= 15 is 0 Å². The van der Waals surface area contributed by atoms with Gasteiger partial charge >= 0.3 is 0 Å². The smallest absolute Gasteiger partial charge is 0.175 e. The van der Waals surface area contributed by atoms with E-state index in [2.05, 4.69) is 10.2 Å². The van der Waals surface area contributed by atoms with Crippen LogP contribution < -0.4 is 5.32 Å². The van der Waals surface area contributed by atoms with Crippen LogP contribution in [0, 0.1) is 0 Å². The summed E-state index contributed by atoms with van der Waals surface area (Å²) in [5.41, 5.74) is 0.667. The van der Waals surface area contributed by atoms with Gasteiger partial charge in [-0.2, -0.15) is 0 Å². The molecule has 1 N–H and O–H groups in total. The van der Waals surface area contributed by atoms with E-state index in [0.29, 0.717) is 22.0 Å². The molecule has 1 aromatic rings. The zero-order chi connectivity index (χ0) is 15.3. The van der Waals surface area contributed by atoms with Crippen molar-refractivity contribution >= 4 is 21.4 Å². The number of sulfone groups is 1. The molecule has 118 valence electrons. The summed E-state index contributed by atoms with van der Waals surface area (Å²) in [6, 6.07) is 5.02. The molecule has 21 heavy (non-hydrogen) atoms. The van der Waals surface area contributed by atoms with E-state index in [1.807, 2.05) is 0 Å². The highest BCUT2D eigenvalue weighted by molar-refractivity contribution is 7.90. The fourth-order valence-electron chi connectivity index (χ4n) is 2.69. The van der Waals surface area contributed by atoms with Gasteiger partial charge in [-0.1, -0.05) is 24.1 Å². The lowest BCUT2D eigenvalue weighted by atomic mass is 10.1. The maximum Gasteiger partial charge on any atom is 0.175 e. The Morgan fingerprint density at radius 1 is 1.24 bits per heavy atom. The third-order valence-corrected chi connectivity index (χ3v) is 5.37. The average molecular weight is 331 g/mol. The summed E-state index contributed by atoms with van der Waals surface area (Å²) in [7, 11) is -3.25. The van der Waals surface area contributed by atoms with Crippen LogP contribution in [0.4, 0.5) is 0 Å². The molecule has 1 fully saturated rings. The molecule has 0 spiro atoms. The van der Waals surface area contributed by atoms with E-state index < -0.39 is 9.84 Å². The maximum atomic E-state index is 11.8. The van der Waals surface area contributed by atoms with E-state index in [1.54, 1.807) is 18.2 Å². The van der Waals surface area contributed by atoms with E-state index in [1.165, 1.54) is 38.6 Å². The van der Waals surface area contributed by atoms with E-state index in [9.17, 15) is 8.42 Å². The van der Waals surface area contributed by atoms with Gasteiger partial charge in [0.25, 0.3) is 0 Å². The van der Waals surface area contributed by atoms with Crippen molar-refractivity contribution < 1.29 is 8.42 Å². The first-order valence-corrected chi connectivity index (χ1v) is 9.66. The number of halogens is 1. The summed E-state index contributed by atoms with van der Waals surface area (Å²) in [5.74, 6) is 0. The molecule has 0 aliphatic carbocycles. The van der Waals surface area contributed by atoms with Crippen molar-refractivity contribution in [3.05, 3.63) is 28.8 Å². The van der Waals surface area contributed by atoms with Gasteiger partial charge in [0.15, 0.2) is 9.84 Å². The first-order chi connectivity index (χ1) is 9.98. The summed E-state index contributed by atoms with van der Waals surface area (Å²) in [4.78, 5) is 2.76. The second kappa shape index (κ2) is 7.58. The number of piperidine rings is 1. The van der Waals surface area contributed by atoms with Gasteiger partial charge in [0.2, 0.25) is 0 Å². The van der Waals surface area contributed by atoms with Crippen molar-refractivity contribution in [1.29, 1.82) is 0 Å². The molecule has 1 heterocycles. The van der Waals surface area contributed by atoms with Crippen LogP contribution in [0.3, 0.4) is 0 Å². The number of hydrogen-bond donors (Lipinski definition) is 1. The molecule has 2 rings (SSSR count). The van der Waals surface area contributed by atoms with Crippen LogP contribution in [-0.2, 0) is 16.4 Å². The summed E-state index contributed by atoms with van der Waals surface area (Å²) in [6.45, 7) is 4.66. The molecule has 0 radical (unpaired) electrons. The Bertz CT molecular complexity index is 569. The fraction of sp³-hybridized carbons (Fsp3) is 0.600. The number of rotatable bonds is 6. The normalized spacial score (nSPS) is 17.0. The zero-order valence-electron chi connectivity index (χ0n) is 12.4. The molecule has 1 aliphatic rings. The summed E-state index contributed by atoms with van der Waals surface area (Å²) >= 11 is 6.15. The summed E-state index contributed by atoms with van der Waals surface area (Å²) in [6.07, 6.45) is 5.11. The molecule has 0 saturated carbocycles. The first-order valence-electron chi connectivity index (χ1n) is 7.39. The third kappa shape index (κ3) is 4.95. The topological polar surface area (TPSA) is 49.4 Å². The molecule has 0 bridgehead atoms. The molecule has 0 amide bonds. The van der Waals surface area contributed by atoms with Gasteiger partial charge in [-0.05, 0) is 38.1 Å². The highest BCUT2D eigenvalue weighted by Gasteiger charge is 2.15. The van der Waals surface area contributed by atoms with Crippen LogP contribution in [0.1, 0.15) is 24.8 Å². The van der Waals surface area contributed by atoms with Crippen LogP contribution in [0.2, 0.25) is 5.02 Å². The van der Waals surface area contributed by atoms with Gasteiger partial charge in [-0.25, -0.2) is 8.42 Å². The summed E-state index contributed by atoms with van der Waals surface area (Å²) in [5, 5.41) is 3.81. The Morgan fingerprint density at radius 2 is 1.95 bits per heavy atom. The monoisotopic (exact) mass is 330 g/mol. The standard InChI is InChI=1S/C15H23ClN2O2S/c1-21(19,20)15-7-5-6-14(16)13(15)12-17-8-11-18-9-3-2-4-10-18/h5-7,17H,2-4,8-12H2,1H3. The molecular weight excluding hydrogens is 308 g/mol. The lowest BCUT2D eigenvalue weighted by Crippen LogP contribution is -2.35. The van der Waals surface area contributed by atoms with Gasteiger partial charge in [0.05, 0.1) is 4.90 Å². The second-order valence-electron chi connectivity index (χ2n) is 5.57. The van der Waals surface area contributed by atoms with Gasteiger partial charge in [0, 0.05) is 36.5 Å². The molecule has 6 heteroatoms. The van der Waals surface area contributed by atoms with Gasteiger partial charge < -0.3 is 10.2 Å². The van der Waals surface area contributed by atoms with E-state index in [4.69, 9.17) is 11.6 Å². The quantitative estimate of drug-likeness (QED) is 0.813. The van der Waals surface area contributed by atoms with Crippen LogP contribution >= 0.6 is 11.6 Å². The second-order valence-corrected chi connectivity index (χ2v) is 7.96. The van der Waals surface area contributed by atoms with Crippen LogP contribution in [0.5, 0.6) is 0 Å². The lowest BCUT2D eigenvalue weighted by molar-refractivity contribution is 0.229. The first kappa shape index (κ1) is 16.7. The Morgan fingerprint density at radius 3 is 2.62 bits per heavy atom. The van der Waals surface area contributed by atoms with E-state index in [0.717, 1.165) is 13.1 Å². The minimum absolute atomic E-state index is 0.320. The van der Waals surface area contributed by atoms with Crippen molar-refractivity contribution in [2.24, 2.45) is 0 Å². The SMILES string of the molecule is CS(=O)(=O)c1cccc(Cl)c1CNCCN1CCCCC1. The molecular formula is C15H23ClN2O2S. The van der Waals surface area contributed by atoms with Crippen molar-refractivity contribution in [1.82, 2.24) is 10.2 Å². The lowest BCUT2D eigenvalue weighted by Gasteiger charge is -2.26. The highest BCUT2D eigenvalue weighted by atomic mass is 35.5. The van der Waals surface area contributed by atoms with Gasteiger partial charge in [-0.15, -0.1) is 0 Å². The predicted molar refractivity (Wildman–Crippen MR) is 86.6 cm³/mol. The van der Waals surface area contributed by atoms with Gasteiger partial charge in [0.1, 0.15) is 0 Å². The third-order valence-electron chi connectivity index (χ3n) is 3.83. The number of nitrogens with one attached hydrogen (secondary N) is 1. The number of nitrogens with zero attached hydrogens (tertiary/aromatic N) is 1. The summed E-state index contributed by atoms with van der Waals surface area (Å²) < 4.78 is 23.6. The Labute approximate surface area is 132 Å². The van der Waals surface area contributed by atoms with Gasteiger partial charge in [-0.3, -0.25) is 0 Å². The predicted octanol–water partition coefficient (Wildman–Crippen LogP) is 2.32. The molecule has 4 nitrogen and oxygen atoms in total. The number of hydrogen-bond acceptors (Lipinski definition) is 4. The molecule has 1 saturated heterocycles. The molecule has 1 aliphatic heterocycles. The molecule has 0 aromatic heterocycles. The van der Waals surface area contributed by atoms with Crippen LogP contribution in [0.25, 0.3) is 0 Å². The molecule has 1 aromatic carbocycles. The highest BCUT2D eigenvalue weighted by Crippen LogP contribution is 2.23. The van der Waals surface area contributed by atoms with E-state index in [-0.39, 0.29) is 0 Å². The number of likely N-dealkylation sites (tertiary alicyclic amines) is 1. The largest absolute Gasteiger partial charge is 0.311 e. The van der Waals surface area contributed by atoms with Crippen molar-refractivity contribution in [2.45, 2.75) is 30.7 Å². The minimum atomic E-state index is -3.25. The van der Waals surface area contributed by atoms with Crippen molar-refractivity contribution in [2.75, 3.05) is 32.4 Å². The van der Waals surface area contributed by atoms with Crippen molar-refractivity contribution in [3.63, 3.8) is 0 Å². The zero-order valence-corrected chi connectivity index (χ0v) is 14.0. The fourth-order valence-corrected chi connectivity index (χ4v) is 3.94. The van der Waals surface area contributed by atoms with Crippen molar-refractivity contribution in [3.8, 4) is 0 Å². The Kier molecular flexibility index (Phi) is 6.05. The number of benzene rings is 1. The molecule has 0 unspecified atom stereocenters. The Hall–Kier alpha value is -0.620.